The SMILES string of the molecule is CC(N)C1CCCN(C(=O)c2ccc(Br)c(Cl)c2)C1. The van der Waals surface area contributed by atoms with Crippen molar-refractivity contribution in [2.75, 3.05) is 13.1 Å². The second kappa shape index (κ2) is 6.25. The molecule has 1 aromatic rings. The largest absolute Gasteiger partial charge is 0.338 e. The van der Waals surface area contributed by atoms with E-state index in [1.165, 1.54) is 0 Å². The summed E-state index contributed by atoms with van der Waals surface area (Å²) in [4.78, 5) is 14.3. The highest BCUT2D eigenvalue weighted by atomic mass is 79.9. The minimum atomic E-state index is 0.0414. The Bertz CT molecular complexity index is 479. The third kappa shape index (κ3) is 3.50. The third-order valence-electron chi connectivity index (χ3n) is 3.66. The first-order valence-corrected chi connectivity index (χ1v) is 7.66. The van der Waals surface area contributed by atoms with Gasteiger partial charge < -0.3 is 10.6 Å². The normalized spacial score (nSPS) is 21.3. The lowest BCUT2D eigenvalue weighted by molar-refractivity contribution is 0.0661. The van der Waals surface area contributed by atoms with Gasteiger partial charge in [0.25, 0.3) is 5.91 Å². The van der Waals surface area contributed by atoms with E-state index < -0.39 is 0 Å². The Morgan fingerprint density at radius 3 is 2.95 bits per heavy atom. The van der Waals surface area contributed by atoms with Crippen LogP contribution in [-0.2, 0) is 0 Å². The molecule has 104 valence electrons. The molecule has 0 aromatic heterocycles. The van der Waals surface area contributed by atoms with Gasteiger partial charge in [0.15, 0.2) is 0 Å². The molecular formula is C14H18BrClN2O. The Balaban J connectivity index is 2.12. The van der Waals surface area contributed by atoms with Crippen LogP contribution in [-0.4, -0.2) is 29.9 Å². The van der Waals surface area contributed by atoms with E-state index in [4.69, 9.17) is 17.3 Å². The molecule has 3 nitrogen and oxygen atoms in total. The molecule has 2 unspecified atom stereocenters. The van der Waals surface area contributed by atoms with E-state index in [0.29, 0.717) is 16.5 Å². The number of carbonyl (C=O) groups excluding carboxylic acids is 1. The summed E-state index contributed by atoms with van der Waals surface area (Å²) in [6.45, 7) is 3.55. The predicted octanol–water partition coefficient (Wildman–Crippen LogP) is 3.30. The van der Waals surface area contributed by atoms with Crippen molar-refractivity contribution in [3.8, 4) is 0 Å². The van der Waals surface area contributed by atoms with E-state index in [0.717, 1.165) is 30.4 Å². The molecule has 0 saturated carbocycles. The van der Waals surface area contributed by atoms with Gasteiger partial charge in [0.05, 0.1) is 5.02 Å². The van der Waals surface area contributed by atoms with Crippen molar-refractivity contribution in [1.82, 2.24) is 4.90 Å². The van der Waals surface area contributed by atoms with Crippen molar-refractivity contribution in [3.05, 3.63) is 33.3 Å². The van der Waals surface area contributed by atoms with Crippen LogP contribution in [0.25, 0.3) is 0 Å². The van der Waals surface area contributed by atoms with E-state index >= 15 is 0 Å². The average Bonchev–Trinajstić information content (AvgIpc) is 2.41. The van der Waals surface area contributed by atoms with Crippen molar-refractivity contribution in [1.29, 1.82) is 0 Å². The molecule has 2 atom stereocenters. The van der Waals surface area contributed by atoms with Gasteiger partial charge in [-0.3, -0.25) is 4.79 Å². The molecular weight excluding hydrogens is 328 g/mol. The zero-order valence-electron chi connectivity index (χ0n) is 10.9. The van der Waals surface area contributed by atoms with Crippen LogP contribution in [0.15, 0.2) is 22.7 Å². The fraction of sp³-hybridized carbons (Fsp3) is 0.500. The minimum Gasteiger partial charge on any atom is -0.338 e. The number of benzene rings is 1. The maximum Gasteiger partial charge on any atom is 0.253 e. The van der Waals surface area contributed by atoms with Crippen molar-refractivity contribution < 1.29 is 4.79 Å². The van der Waals surface area contributed by atoms with E-state index in [1.54, 1.807) is 12.1 Å². The lowest BCUT2D eigenvalue weighted by atomic mass is 9.92. The molecule has 1 aliphatic heterocycles. The summed E-state index contributed by atoms with van der Waals surface area (Å²) in [7, 11) is 0. The molecule has 1 heterocycles. The molecule has 19 heavy (non-hydrogen) atoms. The lowest BCUT2D eigenvalue weighted by Crippen LogP contribution is -2.45. The molecule has 0 aliphatic carbocycles. The highest BCUT2D eigenvalue weighted by Gasteiger charge is 2.26. The molecule has 0 bridgehead atoms. The summed E-state index contributed by atoms with van der Waals surface area (Å²) in [5.74, 6) is 0.434. The van der Waals surface area contributed by atoms with Crippen molar-refractivity contribution in [2.24, 2.45) is 11.7 Å². The van der Waals surface area contributed by atoms with Crippen LogP contribution in [0.3, 0.4) is 0 Å². The van der Waals surface area contributed by atoms with Gasteiger partial charge >= 0.3 is 0 Å². The van der Waals surface area contributed by atoms with Crippen LogP contribution in [0.2, 0.25) is 5.02 Å². The smallest absolute Gasteiger partial charge is 0.253 e. The molecule has 1 saturated heterocycles. The third-order valence-corrected chi connectivity index (χ3v) is 4.89. The molecule has 1 aromatic carbocycles. The zero-order chi connectivity index (χ0) is 14.0. The fourth-order valence-corrected chi connectivity index (χ4v) is 2.86. The quantitative estimate of drug-likeness (QED) is 0.894. The van der Waals surface area contributed by atoms with Gasteiger partial charge in [-0.2, -0.15) is 0 Å². The number of piperidine rings is 1. The highest BCUT2D eigenvalue weighted by molar-refractivity contribution is 9.10. The van der Waals surface area contributed by atoms with Crippen molar-refractivity contribution in [2.45, 2.75) is 25.8 Å². The van der Waals surface area contributed by atoms with Gasteiger partial charge in [0.2, 0.25) is 0 Å². The lowest BCUT2D eigenvalue weighted by Gasteiger charge is -2.34. The van der Waals surface area contributed by atoms with Crippen molar-refractivity contribution in [3.63, 3.8) is 0 Å². The highest BCUT2D eigenvalue weighted by Crippen LogP contribution is 2.25. The molecule has 1 aliphatic rings. The molecule has 1 fully saturated rings. The number of hydrogen-bond acceptors (Lipinski definition) is 2. The fourth-order valence-electron chi connectivity index (χ4n) is 2.44. The first-order valence-electron chi connectivity index (χ1n) is 6.49. The first-order chi connectivity index (χ1) is 8.99. The summed E-state index contributed by atoms with van der Waals surface area (Å²) in [5.41, 5.74) is 6.58. The van der Waals surface area contributed by atoms with Crippen LogP contribution in [0.5, 0.6) is 0 Å². The van der Waals surface area contributed by atoms with Crippen LogP contribution in [0.1, 0.15) is 30.1 Å². The van der Waals surface area contributed by atoms with Gasteiger partial charge in [-0.1, -0.05) is 11.6 Å². The van der Waals surface area contributed by atoms with Crippen molar-refractivity contribution >= 4 is 33.4 Å². The Morgan fingerprint density at radius 1 is 1.58 bits per heavy atom. The average molecular weight is 346 g/mol. The number of rotatable bonds is 2. The second-order valence-corrected chi connectivity index (χ2v) is 6.40. The topological polar surface area (TPSA) is 46.3 Å². The van der Waals surface area contributed by atoms with E-state index in [2.05, 4.69) is 15.9 Å². The number of halogens is 2. The van der Waals surface area contributed by atoms with Gasteiger partial charge in [-0.15, -0.1) is 0 Å². The number of likely N-dealkylation sites (tertiary alicyclic amines) is 1. The summed E-state index contributed by atoms with van der Waals surface area (Å²) in [6.07, 6.45) is 2.12. The first kappa shape index (κ1) is 14.8. The monoisotopic (exact) mass is 344 g/mol. The standard InChI is InChI=1S/C14H18BrClN2O/c1-9(17)11-3-2-6-18(8-11)14(19)10-4-5-12(15)13(16)7-10/h4-5,7,9,11H,2-3,6,8,17H2,1H3. The van der Waals surface area contributed by atoms with Crippen LogP contribution < -0.4 is 5.73 Å². The van der Waals surface area contributed by atoms with Gasteiger partial charge in [-0.25, -0.2) is 0 Å². The zero-order valence-corrected chi connectivity index (χ0v) is 13.2. The van der Waals surface area contributed by atoms with Crippen LogP contribution in [0, 0.1) is 5.92 Å². The Hall–Kier alpha value is -0.580. The van der Waals surface area contributed by atoms with E-state index in [-0.39, 0.29) is 11.9 Å². The maximum atomic E-state index is 12.4. The van der Waals surface area contributed by atoms with Crippen LogP contribution >= 0.6 is 27.5 Å². The second-order valence-electron chi connectivity index (χ2n) is 5.14. The maximum absolute atomic E-state index is 12.4. The Labute approximate surface area is 127 Å². The number of nitrogens with zero attached hydrogens (tertiary/aromatic N) is 1. The summed E-state index contributed by atoms with van der Waals surface area (Å²) in [5, 5.41) is 0.562. The minimum absolute atomic E-state index is 0.0414. The molecule has 5 heteroatoms. The molecule has 2 N–H and O–H groups in total. The Morgan fingerprint density at radius 2 is 2.32 bits per heavy atom. The summed E-state index contributed by atoms with van der Waals surface area (Å²) in [6, 6.07) is 5.45. The van der Waals surface area contributed by atoms with Gasteiger partial charge in [0.1, 0.15) is 0 Å². The van der Waals surface area contributed by atoms with Gasteiger partial charge in [0, 0.05) is 29.2 Å². The number of hydrogen-bond donors (Lipinski definition) is 1. The van der Waals surface area contributed by atoms with Crippen LogP contribution in [0.4, 0.5) is 0 Å². The molecule has 0 spiro atoms. The number of amides is 1. The van der Waals surface area contributed by atoms with E-state index in [1.807, 2.05) is 17.9 Å². The van der Waals surface area contributed by atoms with E-state index in [9.17, 15) is 4.79 Å². The summed E-state index contributed by atoms with van der Waals surface area (Å²) < 4.78 is 0.804. The predicted molar refractivity (Wildman–Crippen MR) is 81.4 cm³/mol. The van der Waals surface area contributed by atoms with Gasteiger partial charge in [-0.05, 0) is 59.8 Å². The molecule has 1 amide bonds. The molecule has 0 radical (unpaired) electrons. The Kier molecular flexibility index (Phi) is 4.87. The number of carbonyl (C=O) groups is 1. The molecule has 2 rings (SSSR count). The summed E-state index contributed by atoms with van der Waals surface area (Å²) >= 11 is 9.37. The number of nitrogens with two attached hydrogens (primary N) is 1.